The number of rotatable bonds is 4. The molecule has 0 radical (unpaired) electrons. The monoisotopic (exact) mass is 428 g/mol. The van der Waals surface area contributed by atoms with Gasteiger partial charge in [-0.2, -0.15) is 5.10 Å². The molecule has 0 aliphatic heterocycles. The van der Waals surface area contributed by atoms with Crippen LogP contribution in [0.5, 0.6) is 0 Å². The SMILES string of the molecule is CCC(C)c1ccc2c(c1)C(C)(C)c1cc(-c3sc(C(C)C)c4c3cnn4C)ccc1-2. The molecule has 0 N–H and O–H groups in total. The van der Waals surface area contributed by atoms with Crippen molar-refractivity contribution in [3.05, 3.63) is 64.2 Å². The smallest absolute Gasteiger partial charge is 0.0827 e. The summed E-state index contributed by atoms with van der Waals surface area (Å²) in [5, 5.41) is 5.86. The van der Waals surface area contributed by atoms with Gasteiger partial charge >= 0.3 is 0 Å². The van der Waals surface area contributed by atoms with Gasteiger partial charge in [0, 0.05) is 27.6 Å². The Bertz CT molecular complexity index is 1300. The number of nitrogens with zero attached hydrogens (tertiary/aromatic N) is 2. The van der Waals surface area contributed by atoms with Gasteiger partial charge in [-0.3, -0.25) is 4.68 Å². The molecule has 0 spiro atoms. The highest BCUT2D eigenvalue weighted by Gasteiger charge is 2.36. The van der Waals surface area contributed by atoms with Crippen LogP contribution >= 0.6 is 11.3 Å². The Labute approximate surface area is 189 Å². The number of thiophene rings is 1. The molecule has 2 aromatic carbocycles. The molecule has 0 fully saturated rings. The summed E-state index contributed by atoms with van der Waals surface area (Å²) in [7, 11) is 2.06. The lowest BCUT2D eigenvalue weighted by atomic mass is 9.80. The first kappa shape index (κ1) is 20.5. The van der Waals surface area contributed by atoms with E-state index in [4.69, 9.17) is 0 Å². The molecule has 0 saturated heterocycles. The van der Waals surface area contributed by atoms with Crippen LogP contribution in [0.2, 0.25) is 0 Å². The molecule has 2 nitrogen and oxygen atoms in total. The molecule has 3 heteroatoms. The molecule has 0 amide bonds. The van der Waals surface area contributed by atoms with Crippen LogP contribution in [0, 0.1) is 0 Å². The second kappa shape index (κ2) is 7.06. The molecule has 0 saturated carbocycles. The van der Waals surface area contributed by atoms with Crippen molar-refractivity contribution in [2.24, 2.45) is 7.05 Å². The van der Waals surface area contributed by atoms with Crippen molar-refractivity contribution in [3.8, 4) is 21.6 Å². The lowest BCUT2D eigenvalue weighted by molar-refractivity contribution is 0.655. The van der Waals surface area contributed by atoms with Crippen LogP contribution < -0.4 is 0 Å². The Morgan fingerprint density at radius 1 is 1.00 bits per heavy atom. The van der Waals surface area contributed by atoms with Crippen molar-refractivity contribution in [2.75, 3.05) is 0 Å². The lowest BCUT2D eigenvalue weighted by Crippen LogP contribution is -2.15. The molecule has 1 aliphatic carbocycles. The Kier molecular flexibility index (Phi) is 4.67. The Hall–Kier alpha value is -2.39. The van der Waals surface area contributed by atoms with Gasteiger partial charge in [-0.25, -0.2) is 0 Å². The third-order valence-electron chi connectivity index (χ3n) is 7.30. The van der Waals surface area contributed by atoms with Crippen LogP contribution in [0.3, 0.4) is 0 Å². The summed E-state index contributed by atoms with van der Waals surface area (Å²) < 4.78 is 2.04. The summed E-state index contributed by atoms with van der Waals surface area (Å²) in [6.45, 7) is 13.9. The molecule has 160 valence electrons. The predicted molar refractivity (Wildman–Crippen MR) is 134 cm³/mol. The van der Waals surface area contributed by atoms with Crippen LogP contribution in [-0.2, 0) is 12.5 Å². The Balaban J connectivity index is 1.67. The molecule has 5 rings (SSSR count). The summed E-state index contributed by atoms with van der Waals surface area (Å²) >= 11 is 1.93. The van der Waals surface area contributed by atoms with Gasteiger partial charge in [-0.1, -0.05) is 71.9 Å². The van der Waals surface area contributed by atoms with E-state index in [1.165, 1.54) is 60.5 Å². The van der Waals surface area contributed by atoms with Crippen molar-refractivity contribution in [2.45, 2.75) is 65.2 Å². The molecule has 1 aliphatic rings. The maximum atomic E-state index is 4.58. The number of hydrogen-bond donors (Lipinski definition) is 0. The van der Waals surface area contributed by atoms with Gasteiger partial charge in [0.1, 0.15) is 0 Å². The first-order valence-electron chi connectivity index (χ1n) is 11.5. The highest BCUT2D eigenvalue weighted by atomic mass is 32.1. The average molecular weight is 429 g/mol. The van der Waals surface area contributed by atoms with E-state index in [9.17, 15) is 0 Å². The van der Waals surface area contributed by atoms with E-state index < -0.39 is 0 Å². The van der Waals surface area contributed by atoms with E-state index in [2.05, 4.69) is 90.1 Å². The maximum absolute atomic E-state index is 4.58. The van der Waals surface area contributed by atoms with Gasteiger partial charge in [0.05, 0.1) is 11.7 Å². The van der Waals surface area contributed by atoms with Gasteiger partial charge in [-0.05, 0) is 57.7 Å². The summed E-state index contributed by atoms with van der Waals surface area (Å²) in [5.41, 5.74) is 9.78. The third-order valence-corrected chi connectivity index (χ3v) is 8.84. The molecule has 2 heterocycles. The van der Waals surface area contributed by atoms with Crippen LogP contribution in [0.1, 0.15) is 81.4 Å². The minimum atomic E-state index is 0.0103. The fourth-order valence-electron chi connectivity index (χ4n) is 5.15. The zero-order valence-corrected chi connectivity index (χ0v) is 20.5. The first-order valence-corrected chi connectivity index (χ1v) is 12.3. The number of hydrogen-bond acceptors (Lipinski definition) is 2. The van der Waals surface area contributed by atoms with Gasteiger partial charge < -0.3 is 0 Å². The van der Waals surface area contributed by atoms with Gasteiger partial charge in [0.25, 0.3) is 0 Å². The maximum Gasteiger partial charge on any atom is 0.0827 e. The minimum absolute atomic E-state index is 0.0103. The van der Waals surface area contributed by atoms with Crippen LogP contribution in [0.15, 0.2) is 42.6 Å². The second-order valence-electron chi connectivity index (χ2n) is 9.98. The zero-order valence-electron chi connectivity index (χ0n) is 19.7. The Morgan fingerprint density at radius 3 is 2.35 bits per heavy atom. The van der Waals surface area contributed by atoms with Crippen LogP contribution in [-0.4, -0.2) is 9.78 Å². The third kappa shape index (κ3) is 2.93. The number of aromatic nitrogens is 2. The zero-order chi connectivity index (χ0) is 22.1. The van der Waals surface area contributed by atoms with Crippen molar-refractivity contribution in [3.63, 3.8) is 0 Å². The fraction of sp³-hybridized carbons (Fsp3) is 0.393. The topological polar surface area (TPSA) is 17.8 Å². The van der Waals surface area contributed by atoms with E-state index in [-0.39, 0.29) is 5.41 Å². The minimum Gasteiger partial charge on any atom is -0.267 e. The highest BCUT2D eigenvalue weighted by Crippen LogP contribution is 2.51. The van der Waals surface area contributed by atoms with Crippen molar-refractivity contribution in [1.82, 2.24) is 9.78 Å². The van der Waals surface area contributed by atoms with Crippen molar-refractivity contribution >= 4 is 22.2 Å². The average Bonchev–Trinajstić information content (AvgIpc) is 3.38. The van der Waals surface area contributed by atoms with Crippen molar-refractivity contribution < 1.29 is 0 Å². The fourth-order valence-corrected chi connectivity index (χ4v) is 6.45. The molecule has 31 heavy (non-hydrogen) atoms. The van der Waals surface area contributed by atoms with Crippen molar-refractivity contribution in [1.29, 1.82) is 0 Å². The molecular formula is C28H32N2S. The molecule has 0 bridgehead atoms. The lowest BCUT2D eigenvalue weighted by Gasteiger charge is -2.23. The second-order valence-corrected chi connectivity index (χ2v) is 11.0. The summed E-state index contributed by atoms with van der Waals surface area (Å²) in [4.78, 5) is 2.77. The van der Waals surface area contributed by atoms with Gasteiger partial charge in [0.2, 0.25) is 0 Å². The van der Waals surface area contributed by atoms with Gasteiger partial charge in [0.15, 0.2) is 0 Å². The largest absolute Gasteiger partial charge is 0.267 e. The van der Waals surface area contributed by atoms with E-state index in [0.717, 1.165) is 0 Å². The van der Waals surface area contributed by atoms with E-state index in [1.807, 2.05) is 22.2 Å². The first-order chi connectivity index (χ1) is 14.7. The summed E-state index contributed by atoms with van der Waals surface area (Å²) in [5.74, 6) is 1.09. The summed E-state index contributed by atoms with van der Waals surface area (Å²) in [6.07, 6.45) is 3.21. The molecule has 4 aromatic rings. The molecule has 1 atom stereocenters. The van der Waals surface area contributed by atoms with Crippen LogP contribution in [0.25, 0.3) is 32.5 Å². The predicted octanol–water partition coefficient (Wildman–Crippen LogP) is 8.25. The Morgan fingerprint density at radius 2 is 1.68 bits per heavy atom. The van der Waals surface area contributed by atoms with Gasteiger partial charge in [-0.15, -0.1) is 11.3 Å². The van der Waals surface area contributed by atoms with E-state index in [1.54, 1.807) is 0 Å². The van der Waals surface area contributed by atoms with Crippen LogP contribution in [0.4, 0.5) is 0 Å². The summed E-state index contributed by atoms with van der Waals surface area (Å²) in [6, 6.07) is 14.3. The standard InChI is InChI=1S/C28H32N2S/c1-8-17(4)18-9-11-20-21-12-10-19(14-24(21)28(5,6)23(20)13-18)27-22-15-29-30(7)25(22)26(31-27)16(2)3/h9-17H,8H2,1-7H3. The molecule has 2 aromatic heterocycles. The quantitative estimate of drug-likeness (QED) is 0.320. The number of aryl methyl sites for hydroxylation is 1. The molecular weight excluding hydrogens is 396 g/mol. The normalized spacial score (nSPS) is 15.5. The number of fused-ring (bicyclic) bond motifs is 4. The molecule has 1 unspecified atom stereocenters. The highest BCUT2D eigenvalue weighted by molar-refractivity contribution is 7.17. The van der Waals surface area contributed by atoms with E-state index in [0.29, 0.717) is 11.8 Å². The number of benzene rings is 2. The van der Waals surface area contributed by atoms with E-state index >= 15 is 0 Å².